The minimum Gasteiger partial charge on any atom is -0.509 e. The summed E-state index contributed by atoms with van der Waals surface area (Å²) < 4.78 is 10.3. The van der Waals surface area contributed by atoms with E-state index in [2.05, 4.69) is 236 Å². The van der Waals surface area contributed by atoms with Gasteiger partial charge in [0.15, 0.2) is 18.0 Å². The van der Waals surface area contributed by atoms with Crippen molar-refractivity contribution in [3.63, 3.8) is 0 Å². The van der Waals surface area contributed by atoms with Crippen molar-refractivity contribution in [1.82, 2.24) is 18.5 Å². The Kier molecular flexibility index (Phi) is 11.6. The molecule has 358 valence electrons. The van der Waals surface area contributed by atoms with Gasteiger partial charge in [0.1, 0.15) is 11.5 Å². The van der Waals surface area contributed by atoms with Crippen LogP contribution in [0.15, 0.2) is 128 Å². The Morgan fingerprint density at radius 2 is 1.12 bits per heavy atom. The van der Waals surface area contributed by atoms with E-state index in [0.717, 1.165) is 40.0 Å². The van der Waals surface area contributed by atoms with E-state index in [9.17, 15) is 0 Å². The van der Waals surface area contributed by atoms with Gasteiger partial charge in [0, 0.05) is 73.7 Å². The van der Waals surface area contributed by atoms with Gasteiger partial charge in [-0.25, -0.2) is 4.98 Å². The van der Waals surface area contributed by atoms with Crippen LogP contribution in [0.3, 0.4) is 0 Å². The second kappa shape index (κ2) is 16.4. The standard InChI is InChI=1S/C63H69N4O.Pt/c1-59(2,3)42-20-16-19-41(31-42)51-23-18-24-56-58(51)67(48-33-45(62(10,11)12)32-46(34-48)63(13,14)15)39-66(56,40-67)47-21-17-22-49(37-47)68-50-26-28-53-52-27-25-43(60(4,5)6)35-54(52)65(55(53)38-50)57-36-44(29-30-64-57)61(7,8)9;/h16-36,39H,40H2,1-15H3;/q-1;/t66-,67+;/m1./s1. The first-order valence-electron chi connectivity index (χ1n) is 24.5. The van der Waals surface area contributed by atoms with Crippen molar-refractivity contribution in [3.8, 4) is 28.4 Å². The molecule has 0 unspecified atom stereocenters. The zero-order valence-corrected chi connectivity index (χ0v) is 45.7. The Morgan fingerprint density at radius 1 is 0.536 bits per heavy atom. The van der Waals surface area contributed by atoms with Crippen LogP contribution in [0.25, 0.3) is 38.8 Å². The molecule has 3 aliphatic rings. The Hall–Kier alpha value is -5.32. The SMILES string of the molecule is CC(C)(C)c1cccc(-c2cccc3c2[N@@+]2(c4cc(C(C)(C)C)cc(C(C)(C)C)c4)[CH-][N@+]3(c3[c-]c(Oc4[c-]c5c(cc4)c4ccc(C(C)(C)C)cc4n5-c4cc(C(C)(C)C)ccn4)ccc3)C2)c1.[Pt]. The van der Waals surface area contributed by atoms with Crippen molar-refractivity contribution in [1.29, 1.82) is 0 Å². The van der Waals surface area contributed by atoms with Crippen molar-refractivity contribution < 1.29 is 25.8 Å². The van der Waals surface area contributed by atoms with Crippen LogP contribution in [0.1, 0.15) is 132 Å². The smallest absolute Gasteiger partial charge is 0.187 e. The third-order valence-electron chi connectivity index (χ3n) is 14.6. The Morgan fingerprint density at radius 3 is 1.77 bits per heavy atom. The van der Waals surface area contributed by atoms with Gasteiger partial charge in [-0.15, -0.1) is 29.7 Å². The van der Waals surface area contributed by atoms with Crippen LogP contribution in [-0.2, 0) is 48.1 Å². The maximum atomic E-state index is 6.86. The number of benzene rings is 6. The molecule has 1 saturated heterocycles. The van der Waals surface area contributed by atoms with Gasteiger partial charge in [-0.05, 0) is 90.1 Å². The molecule has 0 N–H and O–H groups in total. The van der Waals surface area contributed by atoms with Crippen LogP contribution in [-0.4, -0.2) is 16.2 Å². The van der Waals surface area contributed by atoms with Crippen LogP contribution >= 0.6 is 0 Å². The van der Waals surface area contributed by atoms with Crippen LogP contribution in [0.4, 0.5) is 22.7 Å². The zero-order chi connectivity index (χ0) is 48.6. The molecule has 69 heavy (non-hydrogen) atoms. The molecule has 8 aromatic rings. The van der Waals surface area contributed by atoms with E-state index in [1.54, 1.807) is 0 Å². The minimum atomic E-state index is -0.0369. The molecule has 0 aliphatic carbocycles. The van der Waals surface area contributed by atoms with E-state index in [-0.39, 0.29) is 48.1 Å². The first kappa shape index (κ1) is 48.7. The molecule has 6 aromatic carbocycles. The molecule has 2 atom stereocenters. The normalized spacial score (nSPS) is 18.2. The summed E-state index contributed by atoms with van der Waals surface area (Å²) in [5.41, 5.74) is 16.0. The first-order valence-corrected chi connectivity index (χ1v) is 24.5. The van der Waals surface area contributed by atoms with Gasteiger partial charge < -0.3 is 13.8 Å². The predicted octanol–water partition coefficient (Wildman–Crippen LogP) is 17.1. The Bertz CT molecular complexity index is 3260. The summed E-state index contributed by atoms with van der Waals surface area (Å²) in [4.78, 5) is 4.98. The van der Waals surface area contributed by atoms with E-state index >= 15 is 0 Å². The number of ether oxygens (including phenoxy) is 1. The number of hydrogen-bond acceptors (Lipinski definition) is 2. The zero-order valence-electron chi connectivity index (χ0n) is 43.4. The molecule has 5 heterocycles. The number of quaternary nitrogens is 2. The molecule has 1 fully saturated rings. The molecule has 3 aliphatic heterocycles. The molecule has 11 rings (SSSR count). The van der Waals surface area contributed by atoms with Crippen molar-refractivity contribution in [2.45, 2.75) is 131 Å². The molecular formula is C63H69N4OPt-. The molecule has 2 bridgehead atoms. The predicted molar refractivity (Wildman–Crippen MR) is 287 cm³/mol. The van der Waals surface area contributed by atoms with Crippen molar-refractivity contribution in [2.75, 3.05) is 6.67 Å². The second-order valence-corrected chi connectivity index (χ2v) is 24.8. The minimum absolute atomic E-state index is 0. The fourth-order valence-electron chi connectivity index (χ4n) is 10.4. The van der Waals surface area contributed by atoms with Gasteiger partial charge in [0.2, 0.25) is 0 Å². The number of para-hydroxylation sites is 1. The van der Waals surface area contributed by atoms with Crippen LogP contribution in [0.2, 0.25) is 0 Å². The van der Waals surface area contributed by atoms with Gasteiger partial charge in [-0.1, -0.05) is 164 Å². The Labute approximate surface area is 426 Å². The van der Waals surface area contributed by atoms with Crippen molar-refractivity contribution in [3.05, 3.63) is 174 Å². The van der Waals surface area contributed by atoms with Gasteiger partial charge in [-0.3, -0.25) is 4.48 Å². The molecule has 5 nitrogen and oxygen atoms in total. The van der Waals surface area contributed by atoms with Crippen LogP contribution < -0.4 is 13.7 Å². The summed E-state index contributed by atoms with van der Waals surface area (Å²) in [6, 6.07) is 52.8. The molecule has 0 amide bonds. The molecule has 2 aromatic heterocycles. The second-order valence-electron chi connectivity index (χ2n) is 24.8. The summed E-state index contributed by atoms with van der Waals surface area (Å²) in [6.07, 6.45) is 1.93. The average molecular weight is 1090 g/mol. The summed E-state index contributed by atoms with van der Waals surface area (Å²) in [5, 5.41) is 2.27. The summed E-state index contributed by atoms with van der Waals surface area (Å²) in [5.74, 6) is 2.16. The van der Waals surface area contributed by atoms with E-state index in [4.69, 9.17) is 9.72 Å². The number of pyridine rings is 1. The topological polar surface area (TPSA) is 27.1 Å². The van der Waals surface area contributed by atoms with E-state index in [1.807, 2.05) is 18.3 Å². The number of fused-ring (bicyclic) bond motifs is 3. The fraction of sp³-hybridized carbons (Fsp3) is 0.333. The third-order valence-corrected chi connectivity index (χ3v) is 14.6. The van der Waals surface area contributed by atoms with Gasteiger partial charge in [0.25, 0.3) is 0 Å². The largest absolute Gasteiger partial charge is 0.509 e. The molecular weight excluding hydrogens is 1020 g/mol. The molecule has 6 heteroatoms. The fourth-order valence-corrected chi connectivity index (χ4v) is 10.4. The maximum Gasteiger partial charge on any atom is 0.187 e. The van der Waals surface area contributed by atoms with Gasteiger partial charge in [0.05, 0.1) is 6.67 Å². The number of rotatable bonds is 6. The number of aromatic nitrogens is 2. The van der Waals surface area contributed by atoms with E-state index in [1.165, 1.54) is 56.0 Å². The quantitative estimate of drug-likeness (QED) is 0.123. The van der Waals surface area contributed by atoms with Crippen molar-refractivity contribution >= 4 is 44.6 Å². The molecule has 0 saturated carbocycles. The van der Waals surface area contributed by atoms with E-state index < -0.39 is 0 Å². The maximum absolute atomic E-state index is 6.86. The summed E-state index contributed by atoms with van der Waals surface area (Å²) in [7, 11) is 0. The van der Waals surface area contributed by atoms with Gasteiger partial charge >= 0.3 is 0 Å². The monoisotopic (exact) mass is 1090 g/mol. The Balaban J connectivity index is 0.00000593. The van der Waals surface area contributed by atoms with Crippen LogP contribution in [0, 0.1) is 18.8 Å². The third kappa shape index (κ3) is 8.31. The molecule has 0 spiro atoms. The average Bonchev–Trinajstić information content (AvgIpc) is 3.86. The summed E-state index contributed by atoms with van der Waals surface area (Å²) >= 11 is 0. The van der Waals surface area contributed by atoms with Gasteiger partial charge in [-0.2, -0.15) is 12.1 Å². The number of hydrogen-bond donors (Lipinski definition) is 0. The summed E-state index contributed by atoms with van der Waals surface area (Å²) in [6.45, 7) is 37.8. The van der Waals surface area contributed by atoms with E-state index in [0.29, 0.717) is 20.5 Å². The first-order chi connectivity index (χ1) is 31.8. The van der Waals surface area contributed by atoms with Crippen LogP contribution in [0.5, 0.6) is 11.5 Å². The van der Waals surface area contributed by atoms with Crippen molar-refractivity contribution in [2.24, 2.45) is 0 Å². The number of nitrogens with zero attached hydrogens (tertiary/aromatic N) is 4. The molecule has 0 radical (unpaired) electrons.